The zero-order valence-corrected chi connectivity index (χ0v) is 14.7. The molecule has 0 unspecified atom stereocenters. The minimum Gasteiger partial charge on any atom is -0.466 e. The molecule has 3 nitrogen and oxygen atoms in total. The van der Waals surface area contributed by atoms with Crippen molar-refractivity contribution < 1.29 is 13.9 Å². The fraction of sp³-hybridized carbons (Fsp3) is 0.200. The van der Waals surface area contributed by atoms with Crippen molar-refractivity contribution in [3.8, 4) is 22.4 Å². The predicted molar refractivity (Wildman–Crippen MR) is 97.9 cm³/mol. The van der Waals surface area contributed by atoms with Crippen LogP contribution in [-0.2, 0) is 16.0 Å². The van der Waals surface area contributed by atoms with Gasteiger partial charge in [0.25, 0.3) is 0 Å². The maximum atomic E-state index is 13.0. The lowest BCUT2D eigenvalue weighted by Crippen LogP contribution is -2.04. The Bertz CT molecular complexity index is 841. The Morgan fingerprint density at radius 3 is 2.28 bits per heavy atom. The van der Waals surface area contributed by atoms with Gasteiger partial charge in [-0.3, -0.25) is 4.79 Å². The van der Waals surface area contributed by atoms with Gasteiger partial charge in [-0.05, 0) is 30.2 Å². The molecule has 1 heterocycles. The number of rotatable bonds is 6. The van der Waals surface area contributed by atoms with Gasteiger partial charge in [0.2, 0.25) is 0 Å². The van der Waals surface area contributed by atoms with Crippen molar-refractivity contribution in [2.45, 2.75) is 19.8 Å². The highest BCUT2D eigenvalue weighted by Gasteiger charge is 2.08. The average Bonchev–Trinajstić information content (AvgIpc) is 3.10. The van der Waals surface area contributed by atoms with E-state index in [2.05, 4.69) is 4.98 Å². The van der Waals surface area contributed by atoms with Crippen LogP contribution in [0.25, 0.3) is 22.4 Å². The summed E-state index contributed by atoms with van der Waals surface area (Å²) in [5.41, 5.74) is 3.92. The van der Waals surface area contributed by atoms with Crippen LogP contribution in [0.3, 0.4) is 0 Å². The molecule has 3 aromatic rings. The Balaban J connectivity index is 1.68. The number of aromatic nitrogens is 1. The van der Waals surface area contributed by atoms with E-state index in [0.29, 0.717) is 19.4 Å². The van der Waals surface area contributed by atoms with Crippen molar-refractivity contribution in [3.63, 3.8) is 0 Å². The maximum absolute atomic E-state index is 13.0. The molecule has 0 bridgehead atoms. The molecular formula is C20H18FNO2S. The first-order valence-electron chi connectivity index (χ1n) is 8.12. The third kappa shape index (κ3) is 4.51. The third-order valence-electron chi connectivity index (χ3n) is 3.76. The quantitative estimate of drug-likeness (QED) is 0.577. The van der Waals surface area contributed by atoms with Crippen LogP contribution < -0.4 is 0 Å². The maximum Gasteiger partial charge on any atom is 0.306 e. The molecule has 0 saturated carbocycles. The van der Waals surface area contributed by atoms with Crippen LogP contribution in [0, 0.1) is 5.82 Å². The molecule has 25 heavy (non-hydrogen) atoms. The van der Waals surface area contributed by atoms with Crippen LogP contribution in [0.5, 0.6) is 0 Å². The van der Waals surface area contributed by atoms with E-state index in [1.807, 2.05) is 29.6 Å². The van der Waals surface area contributed by atoms with E-state index >= 15 is 0 Å². The Hall–Kier alpha value is -2.53. The number of hydrogen-bond acceptors (Lipinski definition) is 4. The first kappa shape index (κ1) is 17.3. The first-order chi connectivity index (χ1) is 12.2. The number of carbonyl (C=O) groups is 1. The standard InChI is InChI=1S/C20H18FNO2S/c1-2-24-20(23)12-11-19-22-18(13-25-19)16-5-3-14(4-6-16)15-7-9-17(21)10-8-15/h3-10,13H,2,11-12H2,1H3. The van der Waals surface area contributed by atoms with E-state index in [9.17, 15) is 9.18 Å². The van der Waals surface area contributed by atoms with Gasteiger partial charge in [0.05, 0.1) is 23.7 Å². The highest BCUT2D eigenvalue weighted by Crippen LogP contribution is 2.26. The minimum absolute atomic E-state index is 0.192. The van der Waals surface area contributed by atoms with Crippen LogP contribution in [0.4, 0.5) is 4.39 Å². The summed E-state index contributed by atoms with van der Waals surface area (Å²) >= 11 is 1.55. The topological polar surface area (TPSA) is 39.2 Å². The monoisotopic (exact) mass is 355 g/mol. The molecule has 1 aromatic heterocycles. The summed E-state index contributed by atoms with van der Waals surface area (Å²) in [5.74, 6) is -0.430. The minimum atomic E-state index is -0.238. The van der Waals surface area contributed by atoms with Crippen LogP contribution in [-0.4, -0.2) is 17.6 Å². The number of benzene rings is 2. The van der Waals surface area contributed by atoms with E-state index in [0.717, 1.165) is 27.4 Å². The van der Waals surface area contributed by atoms with Gasteiger partial charge in [0.1, 0.15) is 5.82 Å². The van der Waals surface area contributed by atoms with Crippen LogP contribution in [0.2, 0.25) is 0 Å². The summed E-state index contributed by atoms with van der Waals surface area (Å²) in [6.45, 7) is 2.21. The largest absolute Gasteiger partial charge is 0.466 e. The number of halogens is 1. The van der Waals surface area contributed by atoms with Crippen molar-refractivity contribution in [1.82, 2.24) is 4.98 Å². The highest BCUT2D eigenvalue weighted by molar-refractivity contribution is 7.09. The van der Waals surface area contributed by atoms with Crippen molar-refractivity contribution in [3.05, 3.63) is 64.7 Å². The van der Waals surface area contributed by atoms with Crippen molar-refractivity contribution in [2.75, 3.05) is 6.61 Å². The highest BCUT2D eigenvalue weighted by atomic mass is 32.1. The van der Waals surface area contributed by atoms with Gasteiger partial charge < -0.3 is 4.74 Å². The summed E-state index contributed by atoms with van der Waals surface area (Å²) in [7, 11) is 0. The lowest BCUT2D eigenvalue weighted by Gasteiger charge is -2.03. The van der Waals surface area contributed by atoms with Gasteiger partial charge >= 0.3 is 5.97 Å². The molecule has 0 fully saturated rings. The van der Waals surface area contributed by atoms with Gasteiger partial charge in [-0.2, -0.15) is 0 Å². The van der Waals surface area contributed by atoms with Crippen LogP contribution in [0.1, 0.15) is 18.4 Å². The first-order valence-corrected chi connectivity index (χ1v) is 9.00. The molecule has 0 aliphatic heterocycles. The number of aryl methyl sites for hydroxylation is 1. The van der Waals surface area contributed by atoms with E-state index in [1.54, 1.807) is 30.4 Å². The van der Waals surface area contributed by atoms with Crippen LogP contribution >= 0.6 is 11.3 Å². The molecule has 0 radical (unpaired) electrons. The summed E-state index contributed by atoms with van der Waals surface area (Å²) in [6.07, 6.45) is 0.946. The Kier molecular flexibility index (Phi) is 5.56. The predicted octanol–water partition coefficient (Wildman–Crippen LogP) is 5.11. The average molecular weight is 355 g/mol. The molecular weight excluding hydrogens is 337 g/mol. The number of hydrogen-bond donors (Lipinski definition) is 0. The van der Waals surface area contributed by atoms with Gasteiger partial charge in [-0.25, -0.2) is 9.37 Å². The summed E-state index contributed by atoms with van der Waals surface area (Å²) in [4.78, 5) is 16.0. The smallest absolute Gasteiger partial charge is 0.306 e. The summed E-state index contributed by atoms with van der Waals surface area (Å²) < 4.78 is 17.9. The fourth-order valence-corrected chi connectivity index (χ4v) is 3.28. The number of carbonyl (C=O) groups excluding carboxylic acids is 1. The molecule has 128 valence electrons. The summed E-state index contributed by atoms with van der Waals surface area (Å²) in [5, 5.41) is 2.92. The Morgan fingerprint density at radius 2 is 1.64 bits per heavy atom. The molecule has 0 amide bonds. The molecule has 0 saturated heterocycles. The second-order valence-corrected chi connectivity index (χ2v) is 6.46. The van der Waals surface area contributed by atoms with E-state index < -0.39 is 0 Å². The molecule has 0 N–H and O–H groups in total. The number of ether oxygens (including phenoxy) is 1. The van der Waals surface area contributed by atoms with Crippen molar-refractivity contribution in [1.29, 1.82) is 0 Å². The normalized spacial score (nSPS) is 10.6. The van der Waals surface area contributed by atoms with Crippen molar-refractivity contribution >= 4 is 17.3 Å². The van der Waals surface area contributed by atoms with Gasteiger partial charge in [-0.15, -0.1) is 11.3 Å². The van der Waals surface area contributed by atoms with E-state index in [-0.39, 0.29) is 11.8 Å². The zero-order valence-electron chi connectivity index (χ0n) is 13.9. The molecule has 0 aliphatic rings. The third-order valence-corrected chi connectivity index (χ3v) is 4.67. The Labute approximate surface area is 150 Å². The molecule has 3 rings (SSSR count). The number of esters is 1. The number of nitrogens with zero attached hydrogens (tertiary/aromatic N) is 1. The van der Waals surface area contributed by atoms with Gasteiger partial charge in [0, 0.05) is 17.4 Å². The molecule has 0 aliphatic carbocycles. The Morgan fingerprint density at radius 1 is 1.04 bits per heavy atom. The van der Waals surface area contributed by atoms with Crippen LogP contribution in [0.15, 0.2) is 53.9 Å². The molecule has 5 heteroatoms. The second kappa shape index (κ2) is 8.03. The number of thiazole rings is 1. The molecule has 2 aromatic carbocycles. The van der Waals surface area contributed by atoms with E-state index in [4.69, 9.17) is 4.74 Å². The SMILES string of the molecule is CCOC(=O)CCc1nc(-c2ccc(-c3ccc(F)cc3)cc2)cs1. The van der Waals surface area contributed by atoms with Gasteiger partial charge in [-0.1, -0.05) is 36.4 Å². The fourth-order valence-electron chi connectivity index (χ4n) is 2.48. The molecule has 0 spiro atoms. The lowest BCUT2D eigenvalue weighted by molar-refractivity contribution is -0.143. The zero-order chi connectivity index (χ0) is 17.6. The van der Waals surface area contributed by atoms with Gasteiger partial charge in [0.15, 0.2) is 0 Å². The lowest BCUT2D eigenvalue weighted by atomic mass is 10.0. The van der Waals surface area contributed by atoms with Crippen molar-refractivity contribution in [2.24, 2.45) is 0 Å². The summed E-state index contributed by atoms with van der Waals surface area (Å²) in [6, 6.07) is 14.5. The second-order valence-electron chi connectivity index (χ2n) is 5.52. The van der Waals surface area contributed by atoms with E-state index in [1.165, 1.54) is 12.1 Å². The molecule has 0 atom stereocenters.